The lowest BCUT2D eigenvalue weighted by Gasteiger charge is -2.32. The molecule has 2 fully saturated rings. The van der Waals surface area contributed by atoms with Crippen molar-refractivity contribution < 1.29 is 9.47 Å². The topological polar surface area (TPSA) is 18.5 Å². The van der Waals surface area contributed by atoms with Crippen molar-refractivity contribution in [3.63, 3.8) is 0 Å². The van der Waals surface area contributed by atoms with Crippen LogP contribution in [0.25, 0.3) is 0 Å². The molecule has 0 aromatic carbocycles. The highest BCUT2D eigenvalue weighted by atomic mass is 79.9. The van der Waals surface area contributed by atoms with E-state index in [1.165, 1.54) is 6.42 Å². The van der Waals surface area contributed by atoms with Gasteiger partial charge >= 0.3 is 0 Å². The first-order chi connectivity index (χ1) is 7.20. The Morgan fingerprint density at radius 2 is 2.00 bits per heavy atom. The van der Waals surface area contributed by atoms with Gasteiger partial charge in [-0.25, -0.2) is 0 Å². The van der Waals surface area contributed by atoms with E-state index in [2.05, 4.69) is 31.9 Å². The van der Waals surface area contributed by atoms with Crippen LogP contribution in [0.5, 0.6) is 0 Å². The average Bonchev–Trinajstić information content (AvgIpc) is 2.70. The molecule has 0 unspecified atom stereocenters. The Labute approximate surface area is 112 Å². The molecule has 1 saturated heterocycles. The monoisotopic (exact) mass is 360 g/mol. The summed E-state index contributed by atoms with van der Waals surface area (Å²) in [7, 11) is 0. The lowest BCUT2D eigenvalue weighted by atomic mass is 9.88. The van der Waals surface area contributed by atoms with Crippen molar-refractivity contribution in [2.24, 2.45) is 5.92 Å². The van der Waals surface area contributed by atoms with Crippen LogP contribution in [0.4, 0.5) is 0 Å². The van der Waals surface area contributed by atoms with Crippen molar-refractivity contribution in [2.45, 2.75) is 41.3 Å². The van der Waals surface area contributed by atoms with Gasteiger partial charge in [0.25, 0.3) is 0 Å². The van der Waals surface area contributed by atoms with Gasteiger partial charge in [0.15, 0.2) is 6.29 Å². The van der Waals surface area contributed by atoms with E-state index in [1.54, 1.807) is 0 Å². The molecule has 0 aromatic rings. The second-order valence-electron chi connectivity index (χ2n) is 4.22. The van der Waals surface area contributed by atoms with Gasteiger partial charge in [-0.3, -0.25) is 0 Å². The first-order valence-electron chi connectivity index (χ1n) is 5.32. The van der Waals surface area contributed by atoms with E-state index in [-0.39, 0.29) is 12.4 Å². The SMILES string of the molecule is ClC[C@H]1CO[C@@H]([C@@H]2CC[C@@H](Br)[C@H](Br)C2)O1. The summed E-state index contributed by atoms with van der Waals surface area (Å²) < 4.78 is 11.4. The van der Waals surface area contributed by atoms with Gasteiger partial charge < -0.3 is 9.47 Å². The Balaban J connectivity index is 1.84. The van der Waals surface area contributed by atoms with E-state index in [4.69, 9.17) is 21.1 Å². The van der Waals surface area contributed by atoms with Crippen molar-refractivity contribution in [3.8, 4) is 0 Å². The minimum Gasteiger partial charge on any atom is -0.350 e. The van der Waals surface area contributed by atoms with Crippen molar-refractivity contribution >= 4 is 43.5 Å². The molecule has 0 radical (unpaired) electrons. The Hall–Kier alpha value is 1.17. The summed E-state index contributed by atoms with van der Waals surface area (Å²) >= 11 is 13.1. The van der Waals surface area contributed by atoms with E-state index in [1.807, 2.05) is 0 Å². The van der Waals surface area contributed by atoms with Crippen LogP contribution < -0.4 is 0 Å². The van der Waals surface area contributed by atoms with Gasteiger partial charge in [0.05, 0.1) is 18.6 Å². The summed E-state index contributed by atoms with van der Waals surface area (Å²) in [5.74, 6) is 1.04. The van der Waals surface area contributed by atoms with Crippen LogP contribution >= 0.6 is 43.5 Å². The highest BCUT2D eigenvalue weighted by Crippen LogP contribution is 2.37. The average molecular weight is 362 g/mol. The molecule has 0 aromatic heterocycles. The maximum Gasteiger partial charge on any atom is 0.161 e. The summed E-state index contributed by atoms with van der Waals surface area (Å²) in [6.07, 6.45) is 3.50. The van der Waals surface area contributed by atoms with Gasteiger partial charge in [-0.15, -0.1) is 11.6 Å². The van der Waals surface area contributed by atoms with Crippen LogP contribution in [-0.4, -0.2) is 34.5 Å². The van der Waals surface area contributed by atoms with Crippen molar-refractivity contribution in [1.29, 1.82) is 0 Å². The van der Waals surface area contributed by atoms with Gasteiger partial charge in [-0.2, -0.15) is 0 Å². The van der Waals surface area contributed by atoms with Crippen molar-refractivity contribution in [2.75, 3.05) is 12.5 Å². The molecule has 5 heteroatoms. The summed E-state index contributed by atoms with van der Waals surface area (Å²) in [5, 5.41) is 0. The molecule has 2 nitrogen and oxygen atoms in total. The summed E-state index contributed by atoms with van der Waals surface area (Å²) in [5.41, 5.74) is 0. The van der Waals surface area contributed by atoms with Crippen LogP contribution in [0.15, 0.2) is 0 Å². The van der Waals surface area contributed by atoms with Gasteiger partial charge in [-0.1, -0.05) is 31.9 Å². The first kappa shape index (κ1) is 12.6. The van der Waals surface area contributed by atoms with E-state index < -0.39 is 0 Å². The molecule has 2 rings (SSSR count). The predicted molar refractivity (Wildman–Crippen MR) is 68.1 cm³/mol. The second-order valence-corrected chi connectivity index (χ2v) is 6.88. The highest BCUT2D eigenvalue weighted by Gasteiger charge is 2.37. The molecular formula is C10H15Br2ClO2. The van der Waals surface area contributed by atoms with Crippen LogP contribution in [0, 0.1) is 5.92 Å². The molecular weight excluding hydrogens is 347 g/mol. The third-order valence-electron chi connectivity index (χ3n) is 3.06. The summed E-state index contributed by atoms with van der Waals surface area (Å²) in [6, 6.07) is 0. The molecule has 0 amide bonds. The molecule has 0 N–H and O–H groups in total. The van der Waals surface area contributed by atoms with E-state index in [0.29, 0.717) is 28.1 Å². The third-order valence-corrected chi connectivity index (χ3v) is 6.23. The standard InChI is InChI=1S/C10H15Br2ClO2/c11-8-2-1-6(3-9(8)12)10-14-5-7(4-13)15-10/h6-10H,1-5H2/t6-,7+,8-,9-,10-/m1/s1. The second kappa shape index (κ2) is 5.67. The molecule has 5 atom stereocenters. The molecule has 1 heterocycles. The quantitative estimate of drug-likeness (QED) is 0.702. The maximum atomic E-state index is 5.74. The Morgan fingerprint density at radius 3 is 2.60 bits per heavy atom. The molecule has 1 aliphatic heterocycles. The van der Waals surface area contributed by atoms with Gasteiger partial charge in [-0.05, 0) is 19.3 Å². The van der Waals surface area contributed by atoms with Crippen molar-refractivity contribution in [3.05, 3.63) is 0 Å². The van der Waals surface area contributed by atoms with Crippen LogP contribution in [0.3, 0.4) is 0 Å². The fraction of sp³-hybridized carbons (Fsp3) is 1.00. The number of hydrogen-bond acceptors (Lipinski definition) is 2. The summed E-state index contributed by atoms with van der Waals surface area (Å²) in [4.78, 5) is 1.11. The van der Waals surface area contributed by atoms with E-state index in [0.717, 1.165) is 12.8 Å². The lowest BCUT2D eigenvalue weighted by Crippen LogP contribution is -2.33. The van der Waals surface area contributed by atoms with E-state index in [9.17, 15) is 0 Å². The summed E-state index contributed by atoms with van der Waals surface area (Å²) in [6.45, 7) is 0.648. The smallest absolute Gasteiger partial charge is 0.161 e. The number of ether oxygens (including phenoxy) is 2. The minimum absolute atomic E-state index is 0.0335. The third kappa shape index (κ3) is 3.09. The van der Waals surface area contributed by atoms with Crippen molar-refractivity contribution in [1.82, 2.24) is 0 Å². The normalized spacial score (nSPS) is 47.0. The van der Waals surface area contributed by atoms with Gasteiger partial charge in [0, 0.05) is 15.6 Å². The molecule has 1 saturated carbocycles. The first-order valence-corrected chi connectivity index (χ1v) is 7.68. The van der Waals surface area contributed by atoms with Gasteiger partial charge in [0.2, 0.25) is 0 Å². The number of rotatable bonds is 2. The zero-order valence-corrected chi connectivity index (χ0v) is 12.3. The Bertz CT molecular complexity index is 218. The fourth-order valence-corrected chi connectivity index (χ4v) is 3.54. The largest absolute Gasteiger partial charge is 0.350 e. The molecule has 2 aliphatic rings. The molecule has 15 heavy (non-hydrogen) atoms. The predicted octanol–water partition coefficient (Wildman–Crippen LogP) is 3.29. The molecule has 1 aliphatic carbocycles. The zero-order valence-electron chi connectivity index (χ0n) is 8.37. The van der Waals surface area contributed by atoms with Gasteiger partial charge in [0.1, 0.15) is 0 Å². The van der Waals surface area contributed by atoms with E-state index >= 15 is 0 Å². The fourth-order valence-electron chi connectivity index (χ4n) is 2.15. The molecule has 0 spiro atoms. The molecule has 0 bridgehead atoms. The number of hydrogen-bond donors (Lipinski definition) is 0. The van der Waals surface area contributed by atoms with Crippen LogP contribution in [0.2, 0.25) is 0 Å². The maximum absolute atomic E-state index is 5.74. The highest BCUT2D eigenvalue weighted by molar-refractivity contribution is 9.12. The molecule has 88 valence electrons. The number of halogens is 3. The lowest BCUT2D eigenvalue weighted by molar-refractivity contribution is -0.101. The van der Waals surface area contributed by atoms with Crippen LogP contribution in [0.1, 0.15) is 19.3 Å². The Morgan fingerprint density at radius 1 is 1.20 bits per heavy atom. The Kier molecular flexibility index (Phi) is 4.77. The number of alkyl halides is 3. The minimum atomic E-state index is -0.0335. The zero-order chi connectivity index (χ0) is 10.8. The van der Waals surface area contributed by atoms with Crippen LogP contribution in [-0.2, 0) is 9.47 Å².